The zero-order valence-electron chi connectivity index (χ0n) is 10.9. The van der Waals surface area contributed by atoms with E-state index in [0.29, 0.717) is 6.54 Å². The van der Waals surface area contributed by atoms with Crippen molar-refractivity contribution in [2.45, 2.75) is 64.0 Å². The molecule has 1 aliphatic rings. The lowest BCUT2D eigenvalue weighted by molar-refractivity contribution is 0.0291. The van der Waals surface area contributed by atoms with E-state index in [2.05, 4.69) is 11.8 Å². The molecule has 3 heteroatoms. The van der Waals surface area contributed by atoms with E-state index in [4.69, 9.17) is 5.73 Å². The maximum atomic E-state index is 10.1. The average Bonchev–Trinajstić information content (AvgIpc) is 2.31. The molecular formula is C13H28N2O. The minimum absolute atomic E-state index is 0.388. The molecular weight excluding hydrogens is 200 g/mol. The lowest BCUT2D eigenvalue weighted by Gasteiger charge is -2.34. The van der Waals surface area contributed by atoms with Gasteiger partial charge >= 0.3 is 0 Å². The number of hydrogen-bond acceptors (Lipinski definition) is 3. The van der Waals surface area contributed by atoms with Crippen molar-refractivity contribution in [2.75, 3.05) is 19.6 Å². The van der Waals surface area contributed by atoms with Gasteiger partial charge in [-0.2, -0.15) is 0 Å². The van der Waals surface area contributed by atoms with Gasteiger partial charge in [-0.05, 0) is 52.1 Å². The summed E-state index contributed by atoms with van der Waals surface area (Å²) >= 11 is 0. The van der Waals surface area contributed by atoms with E-state index in [-0.39, 0.29) is 0 Å². The topological polar surface area (TPSA) is 49.5 Å². The van der Waals surface area contributed by atoms with Crippen LogP contribution in [0.1, 0.15) is 52.4 Å². The Bertz CT molecular complexity index is 192. The van der Waals surface area contributed by atoms with Gasteiger partial charge < -0.3 is 15.7 Å². The normalized spacial score (nSPS) is 26.6. The van der Waals surface area contributed by atoms with Gasteiger partial charge in [-0.3, -0.25) is 0 Å². The molecule has 2 unspecified atom stereocenters. The van der Waals surface area contributed by atoms with Crippen LogP contribution in [0.5, 0.6) is 0 Å². The highest BCUT2D eigenvalue weighted by atomic mass is 16.3. The van der Waals surface area contributed by atoms with Crippen molar-refractivity contribution in [3.05, 3.63) is 0 Å². The van der Waals surface area contributed by atoms with Crippen LogP contribution >= 0.6 is 0 Å². The monoisotopic (exact) mass is 228 g/mol. The van der Waals surface area contributed by atoms with Crippen molar-refractivity contribution in [1.29, 1.82) is 0 Å². The first-order valence-electron chi connectivity index (χ1n) is 6.78. The van der Waals surface area contributed by atoms with Crippen LogP contribution in [0, 0.1) is 0 Å². The number of piperidine rings is 1. The van der Waals surface area contributed by atoms with E-state index < -0.39 is 5.60 Å². The molecule has 0 radical (unpaired) electrons. The summed E-state index contributed by atoms with van der Waals surface area (Å²) in [6, 6.07) is 0.723. The lowest BCUT2D eigenvalue weighted by Crippen LogP contribution is -2.41. The van der Waals surface area contributed by atoms with Crippen LogP contribution in [-0.2, 0) is 0 Å². The largest absolute Gasteiger partial charge is 0.389 e. The van der Waals surface area contributed by atoms with Gasteiger partial charge in [0, 0.05) is 12.6 Å². The predicted octanol–water partition coefficient (Wildman–Crippen LogP) is 1.74. The predicted molar refractivity (Wildman–Crippen MR) is 68.4 cm³/mol. The number of likely N-dealkylation sites (tertiary alicyclic amines) is 1. The average molecular weight is 228 g/mol. The van der Waals surface area contributed by atoms with E-state index >= 15 is 0 Å². The van der Waals surface area contributed by atoms with Gasteiger partial charge in [-0.1, -0.05) is 13.3 Å². The quantitative estimate of drug-likeness (QED) is 0.728. The Morgan fingerprint density at radius 3 is 2.75 bits per heavy atom. The maximum absolute atomic E-state index is 10.1. The molecule has 2 atom stereocenters. The minimum Gasteiger partial charge on any atom is -0.389 e. The van der Waals surface area contributed by atoms with Crippen molar-refractivity contribution in [1.82, 2.24) is 4.90 Å². The van der Waals surface area contributed by atoms with E-state index in [1.165, 1.54) is 25.8 Å². The zero-order chi connectivity index (χ0) is 12.0. The summed E-state index contributed by atoms with van der Waals surface area (Å²) in [5.74, 6) is 0. The van der Waals surface area contributed by atoms with E-state index in [0.717, 1.165) is 31.8 Å². The molecule has 16 heavy (non-hydrogen) atoms. The fraction of sp³-hybridized carbons (Fsp3) is 1.00. The SMILES string of the molecule is CCC(O)(CN)CCCN1CCCCC1C. The van der Waals surface area contributed by atoms with Crippen LogP contribution in [0.15, 0.2) is 0 Å². The van der Waals surface area contributed by atoms with Gasteiger partial charge in [-0.25, -0.2) is 0 Å². The molecule has 0 saturated carbocycles. The number of nitrogens with zero attached hydrogens (tertiary/aromatic N) is 1. The Hall–Kier alpha value is -0.120. The van der Waals surface area contributed by atoms with Crippen molar-refractivity contribution >= 4 is 0 Å². The van der Waals surface area contributed by atoms with Crippen LogP contribution < -0.4 is 5.73 Å². The first-order chi connectivity index (χ1) is 7.61. The fourth-order valence-corrected chi connectivity index (χ4v) is 2.52. The Morgan fingerprint density at radius 1 is 1.44 bits per heavy atom. The zero-order valence-corrected chi connectivity index (χ0v) is 10.9. The van der Waals surface area contributed by atoms with Gasteiger partial charge in [0.2, 0.25) is 0 Å². The van der Waals surface area contributed by atoms with Gasteiger partial charge in [0.15, 0.2) is 0 Å². The highest BCUT2D eigenvalue weighted by Gasteiger charge is 2.23. The molecule has 1 aliphatic heterocycles. The summed E-state index contributed by atoms with van der Waals surface area (Å²) in [6.07, 6.45) is 6.70. The van der Waals surface area contributed by atoms with E-state index in [9.17, 15) is 5.11 Å². The van der Waals surface area contributed by atoms with Crippen LogP contribution in [-0.4, -0.2) is 41.3 Å². The second-order valence-corrected chi connectivity index (χ2v) is 5.27. The van der Waals surface area contributed by atoms with Crippen LogP contribution in [0.3, 0.4) is 0 Å². The van der Waals surface area contributed by atoms with E-state index in [1.807, 2.05) is 6.92 Å². The summed E-state index contributed by atoms with van der Waals surface area (Å²) in [5.41, 5.74) is 4.97. The lowest BCUT2D eigenvalue weighted by atomic mass is 9.94. The molecule has 1 saturated heterocycles. The molecule has 96 valence electrons. The van der Waals surface area contributed by atoms with Crippen molar-refractivity contribution in [3.8, 4) is 0 Å². The third-order valence-electron chi connectivity index (χ3n) is 4.07. The molecule has 3 nitrogen and oxygen atoms in total. The standard InChI is InChI=1S/C13H28N2O/c1-3-13(16,11-14)8-6-10-15-9-5-4-7-12(15)2/h12,16H,3-11,14H2,1-2H3. The first-order valence-corrected chi connectivity index (χ1v) is 6.78. The maximum Gasteiger partial charge on any atom is 0.0767 e. The Balaban J connectivity index is 2.23. The van der Waals surface area contributed by atoms with Gasteiger partial charge in [0.05, 0.1) is 5.60 Å². The van der Waals surface area contributed by atoms with Gasteiger partial charge in [0.25, 0.3) is 0 Å². The number of rotatable bonds is 6. The van der Waals surface area contributed by atoms with Crippen LogP contribution in [0.2, 0.25) is 0 Å². The Labute approximate surface area is 100 Å². The molecule has 0 bridgehead atoms. The molecule has 0 aliphatic carbocycles. The second-order valence-electron chi connectivity index (χ2n) is 5.27. The molecule has 0 aromatic carbocycles. The summed E-state index contributed by atoms with van der Waals surface area (Å²) in [4.78, 5) is 2.55. The molecule has 3 N–H and O–H groups in total. The number of nitrogens with two attached hydrogens (primary N) is 1. The van der Waals surface area contributed by atoms with Crippen LogP contribution in [0.25, 0.3) is 0 Å². The molecule has 0 spiro atoms. The van der Waals surface area contributed by atoms with Crippen molar-refractivity contribution < 1.29 is 5.11 Å². The molecule has 1 fully saturated rings. The van der Waals surface area contributed by atoms with Crippen LogP contribution in [0.4, 0.5) is 0 Å². The minimum atomic E-state index is -0.626. The van der Waals surface area contributed by atoms with Crippen molar-refractivity contribution in [3.63, 3.8) is 0 Å². The smallest absolute Gasteiger partial charge is 0.0767 e. The van der Waals surface area contributed by atoms with Gasteiger partial charge in [-0.15, -0.1) is 0 Å². The molecule has 0 aromatic heterocycles. The third-order valence-corrected chi connectivity index (χ3v) is 4.07. The van der Waals surface area contributed by atoms with Crippen molar-refractivity contribution in [2.24, 2.45) is 5.73 Å². The summed E-state index contributed by atoms with van der Waals surface area (Å²) < 4.78 is 0. The Morgan fingerprint density at radius 2 is 2.19 bits per heavy atom. The molecule has 1 heterocycles. The van der Waals surface area contributed by atoms with Gasteiger partial charge in [0.1, 0.15) is 0 Å². The molecule has 0 aromatic rings. The Kier molecular flexibility index (Phi) is 5.73. The highest BCUT2D eigenvalue weighted by molar-refractivity contribution is 4.79. The highest BCUT2D eigenvalue weighted by Crippen LogP contribution is 2.20. The summed E-state index contributed by atoms with van der Waals surface area (Å²) in [5, 5.41) is 10.1. The second kappa shape index (κ2) is 6.58. The first kappa shape index (κ1) is 13.9. The fourth-order valence-electron chi connectivity index (χ4n) is 2.52. The van der Waals surface area contributed by atoms with E-state index in [1.54, 1.807) is 0 Å². The molecule has 0 amide bonds. The number of hydrogen-bond donors (Lipinski definition) is 2. The third kappa shape index (κ3) is 4.04. The summed E-state index contributed by atoms with van der Waals surface area (Å²) in [6.45, 7) is 7.06. The number of aliphatic hydroxyl groups is 1. The molecule has 1 rings (SSSR count). The summed E-state index contributed by atoms with van der Waals surface area (Å²) in [7, 11) is 0.